The Balaban J connectivity index is 2.01. The van der Waals surface area contributed by atoms with Crippen LogP contribution in [-0.2, 0) is 13.2 Å². The summed E-state index contributed by atoms with van der Waals surface area (Å²) in [7, 11) is 0. The fraction of sp³-hybridized carbons (Fsp3) is 0.250. The van der Waals surface area contributed by atoms with Gasteiger partial charge in [0.1, 0.15) is 12.4 Å². The lowest BCUT2D eigenvalue weighted by Crippen LogP contribution is -2.11. The van der Waals surface area contributed by atoms with Gasteiger partial charge < -0.3 is 10.1 Å². The smallest absolute Gasteiger partial charge is 0.121 e. The first-order chi connectivity index (χ1) is 9.28. The number of benzene rings is 2. The van der Waals surface area contributed by atoms with Gasteiger partial charge in [0.25, 0.3) is 0 Å². The van der Waals surface area contributed by atoms with Crippen molar-refractivity contribution >= 4 is 15.9 Å². The van der Waals surface area contributed by atoms with Crippen LogP contribution in [0.3, 0.4) is 0 Å². The van der Waals surface area contributed by atoms with E-state index in [1.807, 2.05) is 24.3 Å². The van der Waals surface area contributed by atoms with E-state index < -0.39 is 0 Å². The van der Waals surface area contributed by atoms with Gasteiger partial charge in [0, 0.05) is 11.0 Å². The summed E-state index contributed by atoms with van der Waals surface area (Å²) in [6.45, 7) is 4.52. The Labute approximate surface area is 122 Å². The second-order valence-corrected chi connectivity index (χ2v) is 5.27. The lowest BCUT2D eigenvalue weighted by Gasteiger charge is -2.09. The average molecular weight is 320 g/mol. The monoisotopic (exact) mass is 319 g/mol. The summed E-state index contributed by atoms with van der Waals surface area (Å²) >= 11 is 3.52. The Morgan fingerprint density at radius 1 is 1.05 bits per heavy atom. The zero-order valence-electron chi connectivity index (χ0n) is 11.0. The Morgan fingerprint density at radius 2 is 1.84 bits per heavy atom. The van der Waals surface area contributed by atoms with Crippen LogP contribution < -0.4 is 10.1 Å². The average Bonchev–Trinajstić information content (AvgIpc) is 2.43. The molecule has 0 atom stereocenters. The van der Waals surface area contributed by atoms with Gasteiger partial charge in [-0.3, -0.25) is 0 Å². The number of nitrogens with one attached hydrogen (secondary N) is 1. The largest absolute Gasteiger partial charge is 0.489 e. The predicted molar refractivity (Wildman–Crippen MR) is 82.3 cm³/mol. The third-order valence-corrected chi connectivity index (χ3v) is 3.22. The van der Waals surface area contributed by atoms with Gasteiger partial charge >= 0.3 is 0 Å². The molecule has 0 aliphatic carbocycles. The van der Waals surface area contributed by atoms with Gasteiger partial charge in [0.15, 0.2) is 0 Å². The number of rotatable bonds is 6. The van der Waals surface area contributed by atoms with Gasteiger partial charge in [-0.2, -0.15) is 0 Å². The number of halogens is 1. The molecular formula is C16H18BrNO. The minimum absolute atomic E-state index is 0.595. The molecule has 2 nitrogen and oxygen atoms in total. The van der Waals surface area contributed by atoms with Gasteiger partial charge in [-0.05, 0) is 35.9 Å². The van der Waals surface area contributed by atoms with Crippen LogP contribution in [0.4, 0.5) is 0 Å². The lowest BCUT2D eigenvalue weighted by atomic mass is 10.2. The molecule has 0 aliphatic heterocycles. The van der Waals surface area contributed by atoms with Crippen molar-refractivity contribution < 1.29 is 4.74 Å². The van der Waals surface area contributed by atoms with Gasteiger partial charge in [-0.25, -0.2) is 0 Å². The highest BCUT2D eigenvalue weighted by Gasteiger charge is 2.01. The Morgan fingerprint density at radius 3 is 2.58 bits per heavy atom. The van der Waals surface area contributed by atoms with Crippen molar-refractivity contribution in [1.82, 2.24) is 5.32 Å². The van der Waals surface area contributed by atoms with Crippen molar-refractivity contribution in [3.63, 3.8) is 0 Å². The fourth-order valence-electron chi connectivity index (χ4n) is 1.82. The zero-order chi connectivity index (χ0) is 13.5. The highest BCUT2D eigenvalue weighted by Crippen LogP contribution is 2.22. The molecule has 0 spiro atoms. The summed E-state index contributed by atoms with van der Waals surface area (Å²) in [6, 6.07) is 16.4. The number of hydrogen-bond acceptors (Lipinski definition) is 2. The van der Waals surface area contributed by atoms with Crippen LogP contribution in [-0.4, -0.2) is 6.54 Å². The van der Waals surface area contributed by atoms with E-state index in [9.17, 15) is 0 Å². The van der Waals surface area contributed by atoms with Crippen LogP contribution in [0.15, 0.2) is 53.0 Å². The second kappa shape index (κ2) is 7.31. The molecule has 1 N–H and O–H groups in total. The molecule has 0 saturated carbocycles. The van der Waals surface area contributed by atoms with Crippen LogP contribution in [0.5, 0.6) is 5.75 Å². The zero-order valence-corrected chi connectivity index (χ0v) is 12.6. The quantitative estimate of drug-likeness (QED) is 0.864. The molecule has 0 aliphatic rings. The molecule has 0 radical (unpaired) electrons. The lowest BCUT2D eigenvalue weighted by molar-refractivity contribution is 0.305. The molecule has 2 aromatic carbocycles. The van der Waals surface area contributed by atoms with Crippen LogP contribution >= 0.6 is 15.9 Å². The van der Waals surface area contributed by atoms with E-state index in [1.54, 1.807) is 0 Å². The highest BCUT2D eigenvalue weighted by molar-refractivity contribution is 9.10. The third kappa shape index (κ3) is 4.69. The number of ether oxygens (including phenoxy) is 1. The van der Waals surface area contributed by atoms with E-state index in [2.05, 4.69) is 52.4 Å². The van der Waals surface area contributed by atoms with Crippen molar-refractivity contribution in [3.05, 3.63) is 64.1 Å². The van der Waals surface area contributed by atoms with Crippen LogP contribution in [0, 0.1) is 0 Å². The van der Waals surface area contributed by atoms with Crippen LogP contribution in [0.2, 0.25) is 0 Å². The maximum atomic E-state index is 5.84. The molecule has 0 fully saturated rings. The predicted octanol–water partition coefficient (Wildman–Crippen LogP) is 4.14. The molecular weight excluding hydrogens is 302 g/mol. The topological polar surface area (TPSA) is 21.3 Å². The fourth-order valence-corrected chi connectivity index (χ4v) is 2.34. The summed E-state index contributed by atoms with van der Waals surface area (Å²) in [4.78, 5) is 0. The van der Waals surface area contributed by atoms with E-state index in [-0.39, 0.29) is 0 Å². The molecule has 19 heavy (non-hydrogen) atoms. The Kier molecular flexibility index (Phi) is 5.43. The number of hydrogen-bond donors (Lipinski definition) is 1. The molecule has 3 heteroatoms. The Hall–Kier alpha value is -1.32. The van der Waals surface area contributed by atoms with Crippen LogP contribution in [0.1, 0.15) is 18.1 Å². The van der Waals surface area contributed by atoms with Crippen molar-refractivity contribution in [2.24, 2.45) is 0 Å². The summed E-state index contributed by atoms with van der Waals surface area (Å²) in [5, 5.41) is 3.32. The van der Waals surface area contributed by atoms with Gasteiger partial charge in [-0.1, -0.05) is 53.2 Å². The van der Waals surface area contributed by atoms with Gasteiger partial charge in [-0.15, -0.1) is 0 Å². The molecule has 0 saturated heterocycles. The van der Waals surface area contributed by atoms with E-state index in [4.69, 9.17) is 4.74 Å². The Bertz CT molecular complexity index is 513. The summed E-state index contributed by atoms with van der Waals surface area (Å²) in [5.74, 6) is 0.895. The van der Waals surface area contributed by atoms with E-state index >= 15 is 0 Å². The first-order valence-electron chi connectivity index (χ1n) is 6.45. The normalized spacial score (nSPS) is 10.4. The summed E-state index contributed by atoms with van der Waals surface area (Å²) < 4.78 is 6.88. The van der Waals surface area contributed by atoms with E-state index in [0.29, 0.717) is 6.61 Å². The molecule has 0 aromatic heterocycles. The molecule has 100 valence electrons. The maximum Gasteiger partial charge on any atom is 0.121 e. The van der Waals surface area contributed by atoms with Gasteiger partial charge in [0.05, 0.1) is 0 Å². The molecule has 0 heterocycles. The first-order valence-corrected chi connectivity index (χ1v) is 7.24. The molecule has 2 aromatic rings. The third-order valence-electron chi connectivity index (χ3n) is 2.76. The molecule has 0 bridgehead atoms. The summed E-state index contributed by atoms with van der Waals surface area (Å²) in [6.07, 6.45) is 0. The highest BCUT2D eigenvalue weighted by atomic mass is 79.9. The first kappa shape index (κ1) is 14.1. The van der Waals surface area contributed by atoms with Crippen molar-refractivity contribution in [2.45, 2.75) is 20.1 Å². The van der Waals surface area contributed by atoms with Crippen molar-refractivity contribution in [2.75, 3.05) is 6.54 Å². The van der Waals surface area contributed by atoms with Gasteiger partial charge in [0.2, 0.25) is 0 Å². The van der Waals surface area contributed by atoms with E-state index in [0.717, 1.165) is 23.3 Å². The minimum atomic E-state index is 0.595. The van der Waals surface area contributed by atoms with Crippen molar-refractivity contribution in [3.8, 4) is 5.75 Å². The maximum absolute atomic E-state index is 5.84. The minimum Gasteiger partial charge on any atom is -0.489 e. The SMILES string of the molecule is CCNCc1cc(Br)cc(OCc2ccccc2)c1. The molecule has 0 amide bonds. The molecule has 0 unspecified atom stereocenters. The standard InChI is InChI=1S/C16H18BrNO/c1-2-18-11-14-8-15(17)10-16(9-14)19-12-13-6-4-3-5-7-13/h3-10,18H,2,11-12H2,1H3. The summed E-state index contributed by atoms with van der Waals surface area (Å²) in [5.41, 5.74) is 2.40. The van der Waals surface area contributed by atoms with Crippen LogP contribution in [0.25, 0.3) is 0 Å². The van der Waals surface area contributed by atoms with E-state index in [1.165, 1.54) is 11.1 Å². The second-order valence-electron chi connectivity index (χ2n) is 4.35. The molecule has 2 rings (SSSR count). The van der Waals surface area contributed by atoms with Crippen molar-refractivity contribution in [1.29, 1.82) is 0 Å².